The first-order chi connectivity index (χ1) is 15.5. The molecule has 2 unspecified atom stereocenters. The number of likely N-dealkylation sites (tertiary alicyclic amines) is 1. The fourth-order valence-corrected chi connectivity index (χ4v) is 4.02. The average molecular weight is 436 g/mol. The highest BCUT2D eigenvalue weighted by Crippen LogP contribution is 2.32. The van der Waals surface area contributed by atoms with Gasteiger partial charge in [0.05, 0.1) is 6.54 Å². The van der Waals surface area contributed by atoms with E-state index in [0.717, 1.165) is 19.4 Å². The molecule has 166 valence electrons. The van der Waals surface area contributed by atoms with E-state index in [1.165, 1.54) is 16.8 Å². The van der Waals surface area contributed by atoms with Crippen molar-refractivity contribution in [2.75, 3.05) is 29.9 Å². The Morgan fingerprint density at radius 1 is 1.41 bits per heavy atom. The van der Waals surface area contributed by atoms with Crippen LogP contribution >= 0.6 is 0 Å². The van der Waals surface area contributed by atoms with Crippen LogP contribution in [-0.4, -0.2) is 51.1 Å². The van der Waals surface area contributed by atoms with Gasteiger partial charge in [-0.3, -0.25) is 14.3 Å². The summed E-state index contributed by atoms with van der Waals surface area (Å²) >= 11 is 0. The Morgan fingerprint density at radius 3 is 2.94 bits per heavy atom. The third-order valence-electron chi connectivity index (χ3n) is 5.59. The van der Waals surface area contributed by atoms with Crippen molar-refractivity contribution in [2.45, 2.75) is 32.1 Å². The molecule has 11 heteroatoms. The van der Waals surface area contributed by atoms with Crippen LogP contribution in [0, 0.1) is 23.2 Å². The highest BCUT2D eigenvalue weighted by atomic mass is 16.7. The number of aromatic nitrogens is 3. The molecule has 2 aliphatic rings. The summed E-state index contributed by atoms with van der Waals surface area (Å²) in [5, 5.41) is 12.6. The molecule has 1 saturated heterocycles. The predicted molar refractivity (Wildman–Crippen MR) is 118 cm³/mol. The molecule has 4 heterocycles. The van der Waals surface area contributed by atoms with E-state index in [9.17, 15) is 14.9 Å². The molecule has 0 bridgehead atoms. The van der Waals surface area contributed by atoms with Crippen LogP contribution in [0.5, 0.6) is 5.88 Å². The van der Waals surface area contributed by atoms with Crippen molar-refractivity contribution in [1.29, 1.82) is 5.26 Å². The van der Waals surface area contributed by atoms with Crippen LogP contribution in [0.15, 0.2) is 27.9 Å². The quantitative estimate of drug-likeness (QED) is 0.615. The van der Waals surface area contributed by atoms with Crippen LogP contribution < -0.4 is 32.0 Å². The monoisotopic (exact) mass is 436 g/mol. The molecule has 32 heavy (non-hydrogen) atoms. The maximum atomic E-state index is 13.4. The Hall–Kier alpha value is -3.80. The first-order valence-corrected chi connectivity index (χ1v) is 10.3. The number of rotatable bonds is 4. The van der Waals surface area contributed by atoms with Gasteiger partial charge in [0, 0.05) is 32.4 Å². The standard InChI is InChI=1S/C21H24N8O3/c1-3-4-11-28-16-17(25-20(28)27-10-6-8-15(23)13-27)26(2)21(31)29(19(16)30)32-18-14(12-22)7-5-9-24-18/h5,7,9,15,20,25H,6,8,10-11,13,23H2,1-2H3. The van der Waals surface area contributed by atoms with Gasteiger partial charge >= 0.3 is 11.2 Å². The van der Waals surface area contributed by atoms with E-state index in [2.05, 4.69) is 27.0 Å². The molecule has 2 aromatic rings. The fraction of sp³-hybridized carbons (Fsp3) is 0.429. The molecule has 2 aromatic heterocycles. The summed E-state index contributed by atoms with van der Waals surface area (Å²) in [6, 6.07) is 5.03. The van der Waals surface area contributed by atoms with Gasteiger partial charge in [-0.2, -0.15) is 5.26 Å². The van der Waals surface area contributed by atoms with E-state index in [0.29, 0.717) is 17.1 Å². The molecular formula is C21H24N8O3. The zero-order valence-electron chi connectivity index (χ0n) is 17.9. The number of hydrogen-bond acceptors (Lipinski definition) is 9. The molecular weight excluding hydrogens is 412 g/mol. The van der Waals surface area contributed by atoms with Gasteiger partial charge in [0.1, 0.15) is 17.5 Å². The summed E-state index contributed by atoms with van der Waals surface area (Å²) in [7, 11) is 1.55. The van der Waals surface area contributed by atoms with Crippen molar-refractivity contribution >= 4 is 11.5 Å². The van der Waals surface area contributed by atoms with Gasteiger partial charge in [-0.25, -0.2) is 9.78 Å². The Bertz CT molecular complexity index is 1250. The van der Waals surface area contributed by atoms with Crippen LogP contribution in [0.4, 0.5) is 11.5 Å². The van der Waals surface area contributed by atoms with Crippen LogP contribution in [0.25, 0.3) is 0 Å². The second-order valence-corrected chi connectivity index (χ2v) is 7.67. The normalized spacial score (nSPS) is 20.0. The van der Waals surface area contributed by atoms with Gasteiger partial charge in [0.15, 0.2) is 12.0 Å². The number of pyridine rings is 1. The lowest BCUT2D eigenvalue weighted by Crippen LogP contribution is -2.56. The second-order valence-electron chi connectivity index (χ2n) is 7.67. The van der Waals surface area contributed by atoms with Gasteiger partial charge < -0.3 is 20.8 Å². The molecule has 0 amide bonds. The molecule has 2 atom stereocenters. The van der Waals surface area contributed by atoms with Crippen molar-refractivity contribution in [1.82, 2.24) is 19.2 Å². The summed E-state index contributed by atoms with van der Waals surface area (Å²) in [5.41, 5.74) is 5.18. The first-order valence-electron chi connectivity index (χ1n) is 10.3. The van der Waals surface area contributed by atoms with Crippen molar-refractivity contribution in [2.24, 2.45) is 12.8 Å². The van der Waals surface area contributed by atoms with E-state index in [4.69, 9.17) is 10.6 Å². The summed E-state index contributed by atoms with van der Waals surface area (Å²) in [4.78, 5) is 39.9. The molecule has 0 radical (unpaired) electrons. The van der Waals surface area contributed by atoms with E-state index in [1.54, 1.807) is 20.0 Å². The van der Waals surface area contributed by atoms with Gasteiger partial charge in [0.2, 0.25) is 0 Å². The Balaban J connectivity index is 1.81. The number of fused-ring (bicyclic) bond motifs is 1. The van der Waals surface area contributed by atoms with Gasteiger partial charge in [-0.15, -0.1) is 5.92 Å². The molecule has 0 aromatic carbocycles. The minimum Gasteiger partial charge on any atom is -0.345 e. The smallest absolute Gasteiger partial charge is 0.345 e. The van der Waals surface area contributed by atoms with E-state index in [-0.39, 0.29) is 36.0 Å². The SMILES string of the molecule is CC#CCN1c2c(n(C)c(=O)n(Oc3ncccc3C#N)c2=O)NC1N1CCCC(N)C1. The average Bonchev–Trinajstić information content (AvgIpc) is 3.19. The Kier molecular flexibility index (Phi) is 5.86. The third-order valence-corrected chi connectivity index (χ3v) is 5.59. The van der Waals surface area contributed by atoms with Crippen molar-refractivity contribution in [3.63, 3.8) is 0 Å². The lowest BCUT2D eigenvalue weighted by atomic mass is 10.1. The molecule has 0 aliphatic carbocycles. The predicted octanol–water partition coefficient (Wildman–Crippen LogP) is -0.382. The van der Waals surface area contributed by atoms with Gasteiger partial charge in [-0.1, -0.05) is 10.7 Å². The highest BCUT2D eigenvalue weighted by Gasteiger charge is 2.39. The lowest BCUT2D eigenvalue weighted by molar-refractivity contribution is 0.164. The van der Waals surface area contributed by atoms with Crippen molar-refractivity contribution in [3.05, 3.63) is 44.7 Å². The van der Waals surface area contributed by atoms with Crippen LogP contribution in [-0.2, 0) is 7.05 Å². The van der Waals surface area contributed by atoms with Crippen molar-refractivity contribution in [3.8, 4) is 23.8 Å². The summed E-state index contributed by atoms with van der Waals surface area (Å²) in [6.07, 6.45) is 2.91. The van der Waals surface area contributed by atoms with E-state index < -0.39 is 11.2 Å². The summed E-state index contributed by atoms with van der Waals surface area (Å²) in [5.74, 6) is 6.11. The first kappa shape index (κ1) is 21.4. The number of piperidine rings is 1. The molecule has 2 aliphatic heterocycles. The zero-order chi connectivity index (χ0) is 22.8. The molecule has 0 spiro atoms. The largest absolute Gasteiger partial charge is 0.366 e. The summed E-state index contributed by atoms with van der Waals surface area (Å²) in [6.45, 7) is 3.45. The number of nitrogens with zero attached hydrogens (tertiary/aromatic N) is 6. The Labute approximate surface area is 184 Å². The lowest BCUT2D eigenvalue weighted by Gasteiger charge is -2.39. The van der Waals surface area contributed by atoms with E-state index in [1.807, 2.05) is 11.0 Å². The van der Waals surface area contributed by atoms with Crippen molar-refractivity contribution < 1.29 is 4.84 Å². The van der Waals surface area contributed by atoms with Crippen LogP contribution in [0.2, 0.25) is 0 Å². The number of nitriles is 1. The third kappa shape index (κ3) is 3.68. The number of hydrogen-bond donors (Lipinski definition) is 2. The number of nitrogens with one attached hydrogen (secondary N) is 1. The summed E-state index contributed by atoms with van der Waals surface area (Å²) < 4.78 is 1.93. The fourth-order valence-electron chi connectivity index (χ4n) is 4.02. The minimum absolute atomic E-state index is 0.0331. The zero-order valence-corrected chi connectivity index (χ0v) is 17.9. The van der Waals surface area contributed by atoms with E-state index >= 15 is 0 Å². The molecule has 1 fully saturated rings. The molecule has 0 saturated carbocycles. The number of nitrogens with two attached hydrogens (primary N) is 1. The maximum Gasteiger partial charge on any atom is 0.366 e. The van der Waals surface area contributed by atoms with Gasteiger partial charge in [0.25, 0.3) is 5.88 Å². The molecule has 11 nitrogen and oxygen atoms in total. The highest BCUT2D eigenvalue weighted by molar-refractivity contribution is 5.72. The Morgan fingerprint density at radius 2 is 2.22 bits per heavy atom. The topological polar surface area (TPSA) is 134 Å². The number of anilines is 2. The van der Waals surface area contributed by atoms with Crippen LogP contribution in [0.1, 0.15) is 25.3 Å². The van der Waals surface area contributed by atoms with Crippen LogP contribution in [0.3, 0.4) is 0 Å². The molecule has 3 N–H and O–H groups in total. The van der Waals surface area contributed by atoms with Gasteiger partial charge in [-0.05, 0) is 31.9 Å². The molecule has 4 rings (SSSR count). The second kappa shape index (κ2) is 8.75. The minimum atomic E-state index is -0.701. The maximum absolute atomic E-state index is 13.4.